The third kappa shape index (κ3) is 2.78. The molecule has 0 unspecified atom stereocenters. The molecule has 15 heavy (non-hydrogen) atoms. The second-order valence-electron chi connectivity index (χ2n) is 3.02. The van der Waals surface area contributed by atoms with Crippen LogP contribution in [-0.4, -0.2) is 17.6 Å². The number of pyridine rings is 1. The zero-order valence-corrected chi connectivity index (χ0v) is 8.78. The minimum atomic E-state index is -0.329. The summed E-state index contributed by atoms with van der Waals surface area (Å²) in [7, 11) is 0. The lowest BCUT2D eigenvalue weighted by Crippen LogP contribution is -2.10. The third-order valence-corrected chi connectivity index (χ3v) is 2.02. The third-order valence-electron chi connectivity index (χ3n) is 2.02. The minimum absolute atomic E-state index is 0.108. The highest BCUT2D eigenvalue weighted by Crippen LogP contribution is 2.12. The summed E-state index contributed by atoms with van der Waals surface area (Å²) in [6.07, 6.45) is 1.67. The van der Waals surface area contributed by atoms with Crippen molar-refractivity contribution in [1.82, 2.24) is 4.98 Å². The van der Waals surface area contributed by atoms with Gasteiger partial charge in [0.05, 0.1) is 24.7 Å². The topological polar surface area (TPSA) is 63.0 Å². The zero-order valence-electron chi connectivity index (χ0n) is 8.78. The fourth-order valence-corrected chi connectivity index (χ4v) is 1.28. The van der Waals surface area contributed by atoms with Crippen molar-refractivity contribution in [3.63, 3.8) is 0 Å². The molecule has 0 aliphatic carbocycles. The van der Waals surface area contributed by atoms with E-state index in [-0.39, 0.29) is 12.4 Å². The van der Waals surface area contributed by atoms with Crippen LogP contribution in [0.5, 0.6) is 0 Å². The average Bonchev–Trinajstić information content (AvgIpc) is 2.21. The van der Waals surface area contributed by atoms with Crippen LogP contribution < -0.4 is 0 Å². The number of esters is 1. The Labute approximate surface area is 88.5 Å². The van der Waals surface area contributed by atoms with Crippen molar-refractivity contribution >= 4 is 5.97 Å². The Hall–Kier alpha value is -1.89. The van der Waals surface area contributed by atoms with Gasteiger partial charge in [0.15, 0.2) is 0 Å². The summed E-state index contributed by atoms with van der Waals surface area (Å²) in [5.41, 5.74) is 1.83. The fourth-order valence-electron chi connectivity index (χ4n) is 1.28. The van der Waals surface area contributed by atoms with Crippen molar-refractivity contribution in [3.05, 3.63) is 29.1 Å². The predicted octanol–water partition coefficient (Wildman–Crippen LogP) is 1.37. The molecule has 0 amide bonds. The SMILES string of the molecule is CCOC(=O)Cc1c(C#N)ccnc1C. The van der Waals surface area contributed by atoms with Crippen molar-refractivity contribution in [1.29, 1.82) is 5.26 Å². The van der Waals surface area contributed by atoms with Crippen molar-refractivity contribution in [2.45, 2.75) is 20.3 Å². The van der Waals surface area contributed by atoms with E-state index < -0.39 is 0 Å². The van der Waals surface area contributed by atoms with E-state index in [0.717, 1.165) is 0 Å². The molecule has 0 N–H and O–H groups in total. The molecule has 4 heteroatoms. The second-order valence-corrected chi connectivity index (χ2v) is 3.02. The highest BCUT2D eigenvalue weighted by Gasteiger charge is 2.11. The molecule has 78 valence electrons. The minimum Gasteiger partial charge on any atom is -0.466 e. The summed E-state index contributed by atoms with van der Waals surface area (Å²) in [6, 6.07) is 3.63. The first kappa shape index (κ1) is 11.2. The number of ether oxygens (including phenoxy) is 1. The van der Waals surface area contributed by atoms with Gasteiger partial charge in [-0.2, -0.15) is 5.26 Å². The summed E-state index contributed by atoms with van der Waals surface area (Å²) < 4.78 is 4.82. The molecular formula is C11H12N2O2. The lowest BCUT2D eigenvalue weighted by Gasteiger charge is -2.06. The molecule has 1 aromatic rings. The van der Waals surface area contributed by atoms with Crippen LogP contribution >= 0.6 is 0 Å². The predicted molar refractivity (Wildman–Crippen MR) is 54.0 cm³/mol. The molecule has 0 fully saturated rings. The number of carbonyl (C=O) groups excluding carboxylic acids is 1. The Bertz CT molecular complexity index is 408. The molecule has 0 radical (unpaired) electrons. The van der Waals surface area contributed by atoms with E-state index >= 15 is 0 Å². The van der Waals surface area contributed by atoms with Gasteiger partial charge in [-0.3, -0.25) is 9.78 Å². The van der Waals surface area contributed by atoms with Crippen LogP contribution in [0.15, 0.2) is 12.3 Å². The monoisotopic (exact) mass is 204 g/mol. The van der Waals surface area contributed by atoms with Crippen LogP contribution in [0.2, 0.25) is 0 Å². The van der Waals surface area contributed by atoms with Crippen molar-refractivity contribution in [2.24, 2.45) is 0 Å². The maximum atomic E-state index is 11.3. The van der Waals surface area contributed by atoms with Crippen LogP contribution in [-0.2, 0) is 16.0 Å². The Balaban J connectivity index is 2.94. The van der Waals surface area contributed by atoms with Crippen LogP contribution in [0.25, 0.3) is 0 Å². The van der Waals surface area contributed by atoms with Gasteiger partial charge in [-0.15, -0.1) is 0 Å². The van der Waals surface area contributed by atoms with Gasteiger partial charge in [0.25, 0.3) is 0 Å². The van der Waals surface area contributed by atoms with Gasteiger partial charge in [0, 0.05) is 17.5 Å². The summed E-state index contributed by atoms with van der Waals surface area (Å²) in [5.74, 6) is -0.329. The molecule has 0 spiro atoms. The standard InChI is InChI=1S/C11H12N2O2/c1-3-15-11(14)6-10-8(2)13-5-4-9(10)7-12/h4-5H,3,6H2,1-2H3. The fraction of sp³-hybridized carbons (Fsp3) is 0.364. The summed E-state index contributed by atoms with van der Waals surface area (Å²) in [6.45, 7) is 3.87. The van der Waals surface area contributed by atoms with Crippen LogP contribution in [0.3, 0.4) is 0 Å². The molecule has 0 aliphatic rings. The van der Waals surface area contributed by atoms with Gasteiger partial charge >= 0.3 is 5.97 Å². The number of hydrogen-bond acceptors (Lipinski definition) is 4. The van der Waals surface area contributed by atoms with E-state index in [0.29, 0.717) is 23.4 Å². The first-order chi connectivity index (χ1) is 7.19. The largest absolute Gasteiger partial charge is 0.466 e. The van der Waals surface area contributed by atoms with Gasteiger partial charge in [-0.1, -0.05) is 0 Å². The maximum Gasteiger partial charge on any atom is 0.310 e. The van der Waals surface area contributed by atoms with Crippen LogP contribution in [0.1, 0.15) is 23.7 Å². The van der Waals surface area contributed by atoms with Crippen LogP contribution in [0, 0.1) is 18.3 Å². The lowest BCUT2D eigenvalue weighted by molar-refractivity contribution is -0.142. The van der Waals surface area contributed by atoms with Crippen LogP contribution in [0.4, 0.5) is 0 Å². The smallest absolute Gasteiger partial charge is 0.310 e. The van der Waals surface area contributed by atoms with E-state index in [9.17, 15) is 4.79 Å². The number of aromatic nitrogens is 1. The number of aryl methyl sites for hydroxylation is 1. The molecule has 4 nitrogen and oxygen atoms in total. The number of nitrogens with zero attached hydrogens (tertiary/aromatic N) is 2. The molecule has 1 heterocycles. The van der Waals surface area contributed by atoms with Gasteiger partial charge in [0.1, 0.15) is 0 Å². The molecular weight excluding hydrogens is 192 g/mol. The maximum absolute atomic E-state index is 11.3. The number of carbonyl (C=O) groups is 1. The highest BCUT2D eigenvalue weighted by molar-refractivity contribution is 5.73. The molecule has 1 rings (SSSR count). The zero-order chi connectivity index (χ0) is 11.3. The van der Waals surface area contributed by atoms with E-state index in [2.05, 4.69) is 4.98 Å². The molecule has 0 saturated carbocycles. The van der Waals surface area contributed by atoms with Gasteiger partial charge in [-0.25, -0.2) is 0 Å². The molecule has 1 aromatic heterocycles. The Morgan fingerprint density at radius 2 is 2.40 bits per heavy atom. The first-order valence-electron chi connectivity index (χ1n) is 4.69. The first-order valence-corrected chi connectivity index (χ1v) is 4.69. The second kappa shape index (κ2) is 5.11. The Morgan fingerprint density at radius 1 is 1.67 bits per heavy atom. The van der Waals surface area contributed by atoms with E-state index in [1.54, 1.807) is 26.1 Å². The molecule has 0 atom stereocenters. The van der Waals surface area contributed by atoms with Crippen molar-refractivity contribution in [2.75, 3.05) is 6.61 Å². The Morgan fingerprint density at radius 3 is 3.00 bits per heavy atom. The molecule has 0 saturated heterocycles. The number of nitriles is 1. The van der Waals surface area contributed by atoms with Gasteiger partial charge in [0.2, 0.25) is 0 Å². The van der Waals surface area contributed by atoms with E-state index in [1.165, 1.54) is 0 Å². The van der Waals surface area contributed by atoms with E-state index in [1.807, 2.05) is 6.07 Å². The highest BCUT2D eigenvalue weighted by atomic mass is 16.5. The van der Waals surface area contributed by atoms with Crippen molar-refractivity contribution < 1.29 is 9.53 Å². The average molecular weight is 204 g/mol. The molecule has 0 aromatic carbocycles. The summed E-state index contributed by atoms with van der Waals surface area (Å²) in [5, 5.41) is 8.86. The summed E-state index contributed by atoms with van der Waals surface area (Å²) >= 11 is 0. The molecule has 0 bridgehead atoms. The quantitative estimate of drug-likeness (QED) is 0.697. The van der Waals surface area contributed by atoms with Crippen molar-refractivity contribution in [3.8, 4) is 6.07 Å². The lowest BCUT2D eigenvalue weighted by atomic mass is 10.1. The molecule has 0 aliphatic heterocycles. The normalized spacial score (nSPS) is 9.40. The van der Waals surface area contributed by atoms with Gasteiger partial charge < -0.3 is 4.74 Å². The number of rotatable bonds is 3. The summed E-state index contributed by atoms with van der Waals surface area (Å²) in [4.78, 5) is 15.3. The van der Waals surface area contributed by atoms with Gasteiger partial charge in [-0.05, 0) is 19.9 Å². The Kier molecular flexibility index (Phi) is 3.81. The van der Waals surface area contributed by atoms with E-state index in [4.69, 9.17) is 10.00 Å². The number of hydrogen-bond donors (Lipinski definition) is 0.